The van der Waals surface area contributed by atoms with Crippen LogP contribution in [-0.2, 0) is 24.3 Å². The number of anilines is 1. The molecular weight excluding hydrogens is 448 g/mol. The summed E-state index contributed by atoms with van der Waals surface area (Å²) in [7, 11) is 0. The summed E-state index contributed by atoms with van der Waals surface area (Å²) in [5.41, 5.74) is 2.30. The first-order valence-electron chi connectivity index (χ1n) is 10.9. The lowest BCUT2D eigenvalue weighted by molar-refractivity contribution is -0.116. The number of pyridine rings is 1. The van der Waals surface area contributed by atoms with E-state index in [1.807, 2.05) is 61.5 Å². The maximum Gasteiger partial charge on any atom is 0.332 e. The Bertz CT molecular complexity index is 1630. The molecule has 0 spiro atoms. The number of hydrogen-bond donors (Lipinski definition) is 1. The van der Waals surface area contributed by atoms with E-state index < -0.39 is 5.69 Å². The molecule has 0 aliphatic heterocycles. The average Bonchev–Trinajstić information content (AvgIpc) is 3.22. The minimum Gasteiger partial charge on any atom is -0.325 e. The molecule has 0 unspecified atom stereocenters. The number of rotatable bonds is 6. The maximum absolute atomic E-state index is 13.5. The van der Waals surface area contributed by atoms with Gasteiger partial charge >= 0.3 is 5.69 Å². The second kappa shape index (κ2) is 9.07. The lowest BCUT2D eigenvalue weighted by atomic mass is 10.1. The van der Waals surface area contributed by atoms with E-state index in [1.165, 1.54) is 20.5 Å². The van der Waals surface area contributed by atoms with Gasteiger partial charge in [0, 0.05) is 23.8 Å². The number of carbonyl (C=O) groups excluding carboxylic acids is 1. The van der Waals surface area contributed by atoms with Crippen LogP contribution in [0.4, 0.5) is 5.69 Å². The molecule has 0 atom stereocenters. The Kier molecular flexibility index (Phi) is 5.81. The second-order valence-electron chi connectivity index (χ2n) is 8.11. The first-order chi connectivity index (χ1) is 16.5. The van der Waals surface area contributed by atoms with Crippen molar-refractivity contribution in [1.82, 2.24) is 14.1 Å². The van der Waals surface area contributed by atoms with Crippen LogP contribution >= 0.6 is 11.3 Å². The number of carbonyl (C=O) groups is 1. The van der Waals surface area contributed by atoms with Gasteiger partial charge in [0.15, 0.2) is 0 Å². The van der Waals surface area contributed by atoms with Gasteiger partial charge in [0.1, 0.15) is 16.1 Å². The Labute approximate surface area is 198 Å². The molecule has 7 nitrogen and oxygen atoms in total. The predicted octanol–water partition coefficient (Wildman–Crippen LogP) is 3.96. The topological polar surface area (TPSA) is 86.0 Å². The van der Waals surface area contributed by atoms with Gasteiger partial charge < -0.3 is 5.32 Å². The normalized spacial score (nSPS) is 11.2. The van der Waals surface area contributed by atoms with Crippen LogP contribution in [0.5, 0.6) is 0 Å². The monoisotopic (exact) mass is 470 g/mol. The largest absolute Gasteiger partial charge is 0.332 e. The van der Waals surface area contributed by atoms with E-state index in [2.05, 4.69) is 10.3 Å². The lowest BCUT2D eigenvalue weighted by Crippen LogP contribution is -2.41. The van der Waals surface area contributed by atoms with Crippen molar-refractivity contribution in [3.8, 4) is 0 Å². The first kappa shape index (κ1) is 21.8. The summed E-state index contributed by atoms with van der Waals surface area (Å²) >= 11 is 1.24. The number of amides is 1. The maximum atomic E-state index is 13.5. The third-order valence-corrected chi connectivity index (χ3v) is 6.77. The van der Waals surface area contributed by atoms with Gasteiger partial charge in [-0.3, -0.25) is 18.7 Å². The molecule has 3 aromatic heterocycles. The molecule has 3 heterocycles. The van der Waals surface area contributed by atoms with Crippen molar-refractivity contribution in [3.05, 3.63) is 105 Å². The third kappa shape index (κ3) is 4.15. The zero-order chi connectivity index (χ0) is 23.7. The molecule has 1 amide bonds. The minimum atomic E-state index is -0.503. The van der Waals surface area contributed by atoms with E-state index in [1.54, 1.807) is 18.3 Å². The fourth-order valence-corrected chi connectivity index (χ4v) is 5.18. The Hall–Kier alpha value is -4.04. The van der Waals surface area contributed by atoms with Crippen molar-refractivity contribution in [2.75, 3.05) is 5.32 Å². The van der Waals surface area contributed by atoms with Gasteiger partial charge in [-0.25, -0.2) is 9.78 Å². The summed E-state index contributed by atoms with van der Waals surface area (Å²) in [6.45, 7) is 1.95. The van der Waals surface area contributed by atoms with Gasteiger partial charge in [-0.15, -0.1) is 11.3 Å². The Morgan fingerprint density at radius 3 is 2.62 bits per heavy atom. The van der Waals surface area contributed by atoms with E-state index >= 15 is 0 Å². The van der Waals surface area contributed by atoms with Crippen LogP contribution in [0.3, 0.4) is 0 Å². The standard InChI is InChI=1S/C26H22N4O3S/c1-17-7-5-10-19(15-17)28-21(31)16-30-22-20-11-6-13-27-24(20)34-23(22)25(32)29(26(30)33)14-12-18-8-3-2-4-9-18/h2-11,13,15H,12,14,16H2,1H3,(H,28,31). The second-order valence-corrected chi connectivity index (χ2v) is 9.11. The molecule has 0 aliphatic rings. The smallest absolute Gasteiger partial charge is 0.325 e. The highest BCUT2D eigenvalue weighted by Gasteiger charge is 2.20. The van der Waals surface area contributed by atoms with Crippen molar-refractivity contribution in [2.24, 2.45) is 0 Å². The number of nitrogens with one attached hydrogen (secondary N) is 1. The molecular formula is C26H22N4O3S. The van der Waals surface area contributed by atoms with Crippen LogP contribution in [0.15, 0.2) is 82.5 Å². The fraction of sp³-hybridized carbons (Fsp3) is 0.154. The van der Waals surface area contributed by atoms with Gasteiger partial charge in [0.2, 0.25) is 5.91 Å². The summed E-state index contributed by atoms with van der Waals surface area (Å²) in [4.78, 5) is 44.8. The highest BCUT2D eigenvalue weighted by molar-refractivity contribution is 7.25. The van der Waals surface area contributed by atoms with Crippen LogP contribution in [0, 0.1) is 6.92 Å². The number of aromatic nitrogens is 3. The van der Waals surface area contributed by atoms with Gasteiger partial charge in [0.25, 0.3) is 5.56 Å². The highest BCUT2D eigenvalue weighted by atomic mass is 32.1. The van der Waals surface area contributed by atoms with Crippen molar-refractivity contribution >= 4 is 43.4 Å². The number of fused-ring (bicyclic) bond motifs is 3. The zero-order valence-corrected chi connectivity index (χ0v) is 19.3. The molecule has 170 valence electrons. The molecule has 0 saturated heterocycles. The molecule has 0 radical (unpaired) electrons. The van der Waals surface area contributed by atoms with Crippen LogP contribution in [0.25, 0.3) is 20.4 Å². The number of thiophene rings is 1. The Balaban J connectivity index is 1.60. The van der Waals surface area contributed by atoms with E-state index in [0.717, 1.165) is 11.1 Å². The van der Waals surface area contributed by atoms with Crippen LogP contribution in [0.2, 0.25) is 0 Å². The SMILES string of the molecule is Cc1cccc(NC(=O)Cn2c(=O)n(CCc3ccccc3)c(=O)c3sc4ncccc4c32)c1. The van der Waals surface area contributed by atoms with Crippen LogP contribution in [-0.4, -0.2) is 20.0 Å². The Morgan fingerprint density at radius 2 is 1.82 bits per heavy atom. The van der Waals surface area contributed by atoms with Gasteiger partial charge in [-0.2, -0.15) is 0 Å². The number of benzene rings is 2. The molecule has 0 saturated carbocycles. The summed E-state index contributed by atoms with van der Waals surface area (Å²) in [5.74, 6) is -0.342. The Morgan fingerprint density at radius 1 is 1.00 bits per heavy atom. The number of hydrogen-bond acceptors (Lipinski definition) is 5. The highest BCUT2D eigenvalue weighted by Crippen LogP contribution is 2.29. The summed E-state index contributed by atoms with van der Waals surface area (Å²) < 4.78 is 3.04. The molecule has 5 rings (SSSR count). The molecule has 5 aromatic rings. The third-order valence-electron chi connectivity index (χ3n) is 5.68. The van der Waals surface area contributed by atoms with Crippen LogP contribution < -0.4 is 16.6 Å². The van der Waals surface area contributed by atoms with Crippen molar-refractivity contribution in [2.45, 2.75) is 26.4 Å². The first-order valence-corrected chi connectivity index (χ1v) is 11.7. The zero-order valence-electron chi connectivity index (χ0n) is 18.5. The van der Waals surface area contributed by atoms with Crippen molar-refractivity contribution < 1.29 is 4.79 Å². The molecule has 0 aliphatic carbocycles. The van der Waals surface area contributed by atoms with E-state index in [0.29, 0.717) is 32.5 Å². The minimum absolute atomic E-state index is 0.213. The molecule has 2 aromatic carbocycles. The predicted molar refractivity (Wildman–Crippen MR) is 136 cm³/mol. The number of nitrogens with zero attached hydrogens (tertiary/aromatic N) is 3. The van der Waals surface area contributed by atoms with Crippen molar-refractivity contribution in [3.63, 3.8) is 0 Å². The van der Waals surface area contributed by atoms with Gasteiger partial charge in [0.05, 0.1) is 5.52 Å². The summed E-state index contributed by atoms with van der Waals surface area (Å²) in [6.07, 6.45) is 2.18. The molecule has 1 N–H and O–H groups in total. The van der Waals surface area contributed by atoms with Gasteiger partial charge in [-0.1, -0.05) is 42.5 Å². The fourth-order valence-electron chi connectivity index (χ4n) is 4.08. The van der Waals surface area contributed by atoms with Gasteiger partial charge in [-0.05, 0) is 48.7 Å². The van der Waals surface area contributed by atoms with E-state index in [-0.39, 0.29) is 24.6 Å². The van der Waals surface area contributed by atoms with E-state index in [4.69, 9.17) is 0 Å². The van der Waals surface area contributed by atoms with E-state index in [9.17, 15) is 14.4 Å². The molecule has 0 bridgehead atoms. The molecule has 34 heavy (non-hydrogen) atoms. The quantitative estimate of drug-likeness (QED) is 0.407. The molecule has 0 fully saturated rings. The average molecular weight is 471 g/mol. The number of aryl methyl sites for hydroxylation is 2. The molecule has 8 heteroatoms. The van der Waals surface area contributed by atoms with Crippen molar-refractivity contribution in [1.29, 1.82) is 0 Å². The summed E-state index contributed by atoms with van der Waals surface area (Å²) in [6, 6.07) is 20.7. The summed E-state index contributed by atoms with van der Waals surface area (Å²) in [5, 5.41) is 3.55. The van der Waals surface area contributed by atoms with Crippen LogP contribution in [0.1, 0.15) is 11.1 Å². The lowest BCUT2D eigenvalue weighted by Gasteiger charge is -2.13.